The summed E-state index contributed by atoms with van der Waals surface area (Å²) < 4.78 is 0. The number of anilines is 1. The van der Waals surface area contributed by atoms with Crippen LogP contribution >= 0.6 is 0 Å². The predicted molar refractivity (Wildman–Crippen MR) is 97.6 cm³/mol. The Morgan fingerprint density at radius 1 is 0.864 bits per heavy atom. The molecule has 2 rings (SSSR count). The first-order valence-electron chi connectivity index (χ1n) is 8.16. The fraction of sp³-hybridized carbons (Fsp3) is 0.350. The SMILES string of the molecule is CC.CC.CCc1ccc(C(=O)Nc2ccc(C)cc2)cc1. The highest BCUT2D eigenvalue weighted by molar-refractivity contribution is 6.04. The van der Waals surface area contributed by atoms with Gasteiger partial charge in [0.1, 0.15) is 0 Å². The third kappa shape index (κ3) is 6.57. The highest BCUT2D eigenvalue weighted by Gasteiger charge is 2.05. The van der Waals surface area contributed by atoms with Crippen LogP contribution < -0.4 is 5.32 Å². The lowest BCUT2D eigenvalue weighted by molar-refractivity contribution is 0.102. The molecule has 0 atom stereocenters. The molecular formula is C20H29NO. The normalized spacial score (nSPS) is 8.82. The van der Waals surface area contributed by atoms with Gasteiger partial charge in [-0.05, 0) is 43.2 Å². The van der Waals surface area contributed by atoms with E-state index >= 15 is 0 Å². The second-order valence-electron chi connectivity index (χ2n) is 4.37. The Labute approximate surface area is 135 Å². The van der Waals surface area contributed by atoms with Crippen molar-refractivity contribution in [1.82, 2.24) is 0 Å². The first-order chi connectivity index (χ1) is 10.7. The van der Waals surface area contributed by atoms with E-state index in [9.17, 15) is 4.79 Å². The Morgan fingerprint density at radius 2 is 1.36 bits per heavy atom. The second kappa shape index (κ2) is 11.6. The van der Waals surface area contributed by atoms with Crippen molar-refractivity contribution in [2.75, 3.05) is 5.32 Å². The van der Waals surface area contributed by atoms with E-state index in [0.717, 1.165) is 12.1 Å². The standard InChI is InChI=1S/C16H17NO.2C2H6/c1-3-13-6-8-14(9-7-13)16(18)17-15-10-4-12(2)5-11-15;2*1-2/h4-11H,3H2,1-2H3,(H,17,18);2*1-2H3. The van der Waals surface area contributed by atoms with E-state index in [-0.39, 0.29) is 5.91 Å². The molecule has 2 aromatic carbocycles. The minimum absolute atomic E-state index is 0.0680. The lowest BCUT2D eigenvalue weighted by Gasteiger charge is -2.06. The van der Waals surface area contributed by atoms with Crippen LogP contribution in [0.25, 0.3) is 0 Å². The zero-order chi connectivity index (χ0) is 17.0. The minimum atomic E-state index is -0.0680. The third-order valence-electron chi connectivity index (χ3n) is 2.93. The maximum absolute atomic E-state index is 12.0. The molecule has 120 valence electrons. The monoisotopic (exact) mass is 299 g/mol. The molecule has 0 radical (unpaired) electrons. The van der Waals surface area contributed by atoms with Gasteiger partial charge in [0, 0.05) is 11.3 Å². The number of hydrogen-bond acceptors (Lipinski definition) is 1. The summed E-state index contributed by atoms with van der Waals surface area (Å²) in [5.41, 5.74) is 3.93. The van der Waals surface area contributed by atoms with Crippen LogP contribution in [0, 0.1) is 6.92 Å². The Balaban J connectivity index is 0.00000102. The molecule has 0 saturated carbocycles. The summed E-state index contributed by atoms with van der Waals surface area (Å²) in [6, 6.07) is 15.5. The number of hydrogen-bond donors (Lipinski definition) is 1. The van der Waals surface area contributed by atoms with Crippen molar-refractivity contribution >= 4 is 11.6 Å². The van der Waals surface area contributed by atoms with Crippen LogP contribution in [0.2, 0.25) is 0 Å². The summed E-state index contributed by atoms with van der Waals surface area (Å²) in [7, 11) is 0. The van der Waals surface area contributed by atoms with Gasteiger partial charge in [-0.3, -0.25) is 4.79 Å². The summed E-state index contributed by atoms with van der Waals surface area (Å²) in [5, 5.41) is 2.88. The Morgan fingerprint density at radius 3 is 1.82 bits per heavy atom. The Kier molecular flexibility index (Phi) is 10.5. The van der Waals surface area contributed by atoms with Gasteiger partial charge in [-0.15, -0.1) is 0 Å². The Hall–Kier alpha value is -2.09. The summed E-state index contributed by atoms with van der Waals surface area (Å²) in [6.45, 7) is 12.1. The number of amides is 1. The summed E-state index contributed by atoms with van der Waals surface area (Å²) in [5.74, 6) is -0.0680. The number of benzene rings is 2. The average Bonchev–Trinajstić information content (AvgIpc) is 2.60. The summed E-state index contributed by atoms with van der Waals surface area (Å²) in [6.07, 6.45) is 0.986. The van der Waals surface area contributed by atoms with E-state index in [1.165, 1.54) is 11.1 Å². The molecule has 1 N–H and O–H groups in total. The van der Waals surface area contributed by atoms with E-state index in [1.807, 2.05) is 83.1 Å². The molecule has 0 heterocycles. The molecule has 2 nitrogen and oxygen atoms in total. The van der Waals surface area contributed by atoms with Crippen LogP contribution in [0.1, 0.15) is 56.1 Å². The molecule has 0 spiro atoms. The van der Waals surface area contributed by atoms with Crippen molar-refractivity contribution < 1.29 is 4.79 Å². The Bertz CT molecular complexity index is 527. The van der Waals surface area contributed by atoms with Crippen molar-refractivity contribution in [3.63, 3.8) is 0 Å². The number of carbonyl (C=O) groups excluding carboxylic acids is 1. The van der Waals surface area contributed by atoms with Gasteiger partial charge in [0.25, 0.3) is 5.91 Å². The van der Waals surface area contributed by atoms with Crippen molar-refractivity contribution in [2.24, 2.45) is 0 Å². The van der Waals surface area contributed by atoms with Crippen LogP contribution in [-0.4, -0.2) is 5.91 Å². The largest absolute Gasteiger partial charge is 0.322 e. The van der Waals surface area contributed by atoms with E-state index in [2.05, 4.69) is 12.2 Å². The minimum Gasteiger partial charge on any atom is -0.322 e. The molecular weight excluding hydrogens is 270 g/mol. The van der Waals surface area contributed by atoms with Crippen LogP contribution in [0.15, 0.2) is 48.5 Å². The van der Waals surface area contributed by atoms with Crippen LogP contribution in [-0.2, 0) is 6.42 Å². The van der Waals surface area contributed by atoms with Gasteiger partial charge in [-0.25, -0.2) is 0 Å². The molecule has 0 unspecified atom stereocenters. The van der Waals surface area contributed by atoms with E-state index in [4.69, 9.17) is 0 Å². The molecule has 0 aliphatic heterocycles. The van der Waals surface area contributed by atoms with E-state index in [0.29, 0.717) is 5.56 Å². The molecule has 1 amide bonds. The molecule has 0 saturated heterocycles. The third-order valence-corrected chi connectivity index (χ3v) is 2.93. The molecule has 22 heavy (non-hydrogen) atoms. The average molecular weight is 299 g/mol. The highest BCUT2D eigenvalue weighted by Crippen LogP contribution is 2.11. The number of rotatable bonds is 3. The van der Waals surface area contributed by atoms with E-state index < -0.39 is 0 Å². The molecule has 2 aromatic rings. The fourth-order valence-electron chi connectivity index (χ4n) is 1.73. The first-order valence-corrected chi connectivity index (χ1v) is 8.16. The van der Waals surface area contributed by atoms with Crippen LogP contribution in [0.4, 0.5) is 5.69 Å². The quantitative estimate of drug-likeness (QED) is 0.755. The maximum atomic E-state index is 12.0. The van der Waals surface area contributed by atoms with Crippen molar-refractivity contribution in [2.45, 2.75) is 48.0 Å². The van der Waals surface area contributed by atoms with Crippen LogP contribution in [0.3, 0.4) is 0 Å². The van der Waals surface area contributed by atoms with Crippen molar-refractivity contribution in [1.29, 1.82) is 0 Å². The van der Waals surface area contributed by atoms with Crippen LogP contribution in [0.5, 0.6) is 0 Å². The smallest absolute Gasteiger partial charge is 0.255 e. The van der Waals surface area contributed by atoms with Crippen molar-refractivity contribution in [3.8, 4) is 0 Å². The lowest BCUT2D eigenvalue weighted by Crippen LogP contribution is -2.11. The van der Waals surface area contributed by atoms with Gasteiger partial charge >= 0.3 is 0 Å². The van der Waals surface area contributed by atoms with Gasteiger partial charge in [-0.1, -0.05) is 64.4 Å². The first kappa shape index (κ1) is 19.9. The van der Waals surface area contributed by atoms with Gasteiger partial charge in [0.2, 0.25) is 0 Å². The van der Waals surface area contributed by atoms with Gasteiger partial charge in [0.05, 0.1) is 0 Å². The molecule has 0 aliphatic rings. The molecule has 0 fully saturated rings. The molecule has 0 aromatic heterocycles. The van der Waals surface area contributed by atoms with Gasteiger partial charge in [0.15, 0.2) is 0 Å². The fourth-order valence-corrected chi connectivity index (χ4v) is 1.73. The van der Waals surface area contributed by atoms with Gasteiger partial charge in [-0.2, -0.15) is 0 Å². The molecule has 0 aliphatic carbocycles. The van der Waals surface area contributed by atoms with E-state index in [1.54, 1.807) is 0 Å². The highest BCUT2D eigenvalue weighted by atomic mass is 16.1. The lowest BCUT2D eigenvalue weighted by atomic mass is 10.1. The van der Waals surface area contributed by atoms with Gasteiger partial charge < -0.3 is 5.32 Å². The number of nitrogens with one attached hydrogen (secondary N) is 1. The predicted octanol–water partition coefficient (Wildman–Crippen LogP) is 5.86. The number of carbonyl (C=O) groups is 1. The topological polar surface area (TPSA) is 29.1 Å². The number of aryl methyl sites for hydroxylation is 2. The molecule has 0 bridgehead atoms. The summed E-state index contributed by atoms with van der Waals surface area (Å²) in [4.78, 5) is 12.0. The summed E-state index contributed by atoms with van der Waals surface area (Å²) >= 11 is 0. The second-order valence-corrected chi connectivity index (χ2v) is 4.37. The zero-order valence-electron chi connectivity index (χ0n) is 14.7. The maximum Gasteiger partial charge on any atom is 0.255 e. The zero-order valence-corrected chi connectivity index (χ0v) is 14.7. The molecule has 2 heteroatoms. The van der Waals surface area contributed by atoms with Crippen molar-refractivity contribution in [3.05, 3.63) is 65.2 Å².